The van der Waals surface area contributed by atoms with Crippen LogP contribution in [0.2, 0.25) is 0 Å². The van der Waals surface area contributed by atoms with Gasteiger partial charge in [0, 0.05) is 40.1 Å². The average molecular weight is 454 g/mol. The van der Waals surface area contributed by atoms with Crippen LogP contribution >= 0.6 is 33.9 Å². The number of carbonyl (C=O) groups is 2. The van der Waals surface area contributed by atoms with Gasteiger partial charge in [0.25, 0.3) is 0 Å². The number of nitrogens with zero attached hydrogens (tertiary/aromatic N) is 1. The van der Waals surface area contributed by atoms with Crippen LogP contribution in [0, 0.1) is 10.5 Å². The van der Waals surface area contributed by atoms with Crippen LogP contribution in [-0.4, -0.2) is 23.3 Å². The highest BCUT2D eigenvalue weighted by Gasteiger charge is 2.21. The highest BCUT2D eigenvalue weighted by atomic mass is 127. The van der Waals surface area contributed by atoms with Gasteiger partial charge < -0.3 is 10.2 Å². The van der Waals surface area contributed by atoms with Crippen molar-refractivity contribution in [2.45, 2.75) is 32.7 Å². The number of anilines is 1. The molecule has 2 heterocycles. The first kappa shape index (κ1) is 17.4. The maximum absolute atomic E-state index is 12.3. The number of carbonyl (C=O) groups excluding carboxylic acids is 2. The number of benzene rings is 1. The maximum Gasteiger partial charge on any atom is 0.224 e. The van der Waals surface area contributed by atoms with Crippen LogP contribution in [0.15, 0.2) is 29.6 Å². The van der Waals surface area contributed by atoms with Gasteiger partial charge >= 0.3 is 0 Å². The topological polar surface area (TPSA) is 49.4 Å². The fraction of sp³-hybridized carbons (Fsp3) is 0.333. The summed E-state index contributed by atoms with van der Waals surface area (Å²) in [5, 5.41) is 4.97. The first-order valence-corrected chi connectivity index (χ1v) is 9.88. The average Bonchev–Trinajstić information content (AvgIpc) is 3.03. The lowest BCUT2D eigenvalue weighted by atomic mass is 10.1. The minimum atomic E-state index is -0.110. The molecular weight excluding hydrogens is 435 g/mol. The summed E-state index contributed by atoms with van der Waals surface area (Å²) in [6, 6.07) is 7.97. The number of rotatable bonds is 4. The van der Waals surface area contributed by atoms with E-state index < -0.39 is 0 Å². The number of fused-ring (bicyclic) bond motifs is 1. The van der Waals surface area contributed by atoms with E-state index in [2.05, 4.69) is 39.4 Å². The van der Waals surface area contributed by atoms with Crippen LogP contribution in [0.25, 0.3) is 0 Å². The highest BCUT2D eigenvalue weighted by Crippen LogP contribution is 2.24. The first-order valence-electron chi connectivity index (χ1n) is 7.92. The number of amides is 2. The first-order chi connectivity index (χ1) is 11.5. The Hall–Kier alpha value is -1.41. The molecule has 2 amide bonds. The summed E-state index contributed by atoms with van der Waals surface area (Å²) in [5.41, 5.74) is 3.09. The van der Waals surface area contributed by atoms with Gasteiger partial charge in [-0.3, -0.25) is 9.59 Å². The van der Waals surface area contributed by atoms with Crippen LogP contribution in [0.1, 0.15) is 28.8 Å². The fourth-order valence-electron chi connectivity index (χ4n) is 2.82. The number of hydrogen-bond donors (Lipinski definition) is 1. The molecule has 4 nitrogen and oxygen atoms in total. The third kappa shape index (κ3) is 4.16. The molecule has 1 aromatic carbocycles. The van der Waals surface area contributed by atoms with Gasteiger partial charge in [0.2, 0.25) is 11.8 Å². The third-order valence-electron chi connectivity index (χ3n) is 4.19. The van der Waals surface area contributed by atoms with Crippen molar-refractivity contribution in [2.24, 2.45) is 0 Å². The Morgan fingerprint density at radius 2 is 2.12 bits per heavy atom. The SMILES string of the molecule is Cc1cc(I)ccc1NC(=O)CCC(=O)N1CCc2sccc2C1. The Morgan fingerprint density at radius 3 is 2.92 bits per heavy atom. The maximum atomic E-state index is 12.3. The normalized spacial score (nSPS) is 13.5. The fourth-order valence-corrected chi connectivity index (χ4v) is 4.36. The van der Waals surface area contributed by atoms with E-state index in [-0.39, 0.29) is 24.7 Å². The molecule has 0 atom stereocenters. The summed E-state index contributed by atoms with van der Waals surface area (Å²) in [6.07, 6.45) is 1.40. The molecule has 24 heavy (non-hydrogen) atoms. The molecule has 1 aromatic heterocycles. The monoisotopic (exact) mass is 454 g/mol. The second-order valence-corrected chi connectivity index (χ2v) is 8.19. The number of hydrogen-bond acceptors (Lipinski definition) is 3. The summed E-state index contributed by atoms with van der Waals surface area (Å²) in [6.45, 7) is 3.40. The lowest BCUT2D eigenvalue weighted by molar-refractivity contribution is -0.133. The Labute approximate surface area is 159 Å². The predicted molar refractivity (Wildman–Crippen MR) is 105 cm³/mol. The third-order valence-corrected chi connectivity index (χ3v) is 5.88. The summed E-state index contributed by atoms with van der Waals surface area (Å²) in [4.78, 5) is 27.7. The summed E-state index contributed by atoms with van der Waals surface area (Å²) >= 11 is 4.00. The summed E-state index contributed by atoms with van der Waals surface area (Å²) in [7, 11) is 0. The minimum absolute atomic E-state index is 0.0568. The van der Waals surface area contributed by atoms with Crippen molar-refractivity contribution in [3.8, 4) is 0 Å². The summed E-state index contributed by atoms with van der Waals surface area (Å²) in [5.74, 6) is -0.0535. The van der Waals surface area contributed by atoms with Crippen LogP contribution in [0.3, 0.4) is 0 Å². The lowest BCUT2D eigenvalue weighted by Crippen LogP contribution is -2.35. The van der Waals surface area contributed by atoms with E-state index in [1.165, 1.54) is 10.4 Å². The largest absolute Gasteiger partial charge is 0.338 e. The molecule has 1 N–H and O–H groups in total. The van der Waals surface area contributed by atoms with Crippen molar-refractivity contribution >= 4 is 51.4 Å². The van der Waals surface area contributed by atoms with E-state index in [0.717, 1.165) is 27.8 Å². The number of thiophene rings is 1. The Kier molecular flexibility index (Phi) is 5.55. The molecule has 0 saturated heterocycles. The lowest BCUT2D eigenvalue weighted by Gasteiger charge is -2.27. The molecule has 2 aromatic rings. The van der Waals surface area contributed by atoms with Crippen molar-refractivity contribution in [3.05, 3.63) is 49.2 Å². The van der Waals surface area contributed by atoms with Crippen LogP contribution < -0.4 is 5.32 Å². The number of halogens is 1. The Morgan fingerprint density at radius 1 is 1.29 bits per heavy atom. The number of nitrogens with one attached hydrogen (secondary N) is 1. The van der Waals surface area contributed by atoms with Gasteiger partial charge in [-0.15, -0.1) is 11.3 Å². The van der Waals surface area contributed by atoms with Gasteiger partial charge in [0.15, 0.2) is 0 Å². The van der Waals surface area contributed by atoms with E-state index >= 15 is 0 Å². The molecule has 126 valence electrons. The molecular formula is C18H19IN2O2S. The molecule has 0 saturated carbocycles. The van der Waals surface area contributed by atoms with Crippen molar-refractivity contribution in [2.75, 3.05) is 11.9 Å². The van der Waals surface area contributed by atoms with Crippen molar-refractivity contribution in [3.63, 3.8) is 0 Å². The van der Waals surface area contributed by atoms with E-state index in [4.69, 9.17) is 0 Å². The predicted octanol–water partition coefficient (Wildman–Crippen LogP) is 3.96. The standard InChI is InChI=1S/C18H19IN2O2S/c1-12-10-14(19)2-3-15(12)20-17(22)4-5-18(23)21-8-6-16-13(11-21)7-9-24-16/h2-3,7,9-10H,4-6,8,11H2,1H3,(H,20,22). The van der Waals surface area contributed by atoms with E-state index in [1.54, 1.807) is 11.3 Å². The quantitative estimate of drug-likeness (QED) is 0.712. The molecule has 1 aliphatic heterocycles. The zero-order valence-corrected chi connectivity index (χ0v) is 16.4. The Bertz CT molecular complexity index is 772. The second kappa shape index (κ2) is 7.65. The van der Waals surface area contributed by atoms with Crippen LogP contribution in [-0.2, 0) is 22.6 Å². The summed E-state index contributed by atoms with van der Waals surface area (Å²) < 4.78 is 1.14. The molecule has 0 spiro atoms. The van der Waals surface area contributed by atoms with Crippen molar-refractivity contribution < 1.29 is 9.59 Å². The molecule has 0 radical (unpaired) electrons. The second-order valence-electron chi connectivity index (χ2n) is 5.94. The van der Waals surface area contributed by atoms with Crippen molar-refractivity contribution in [1.82, 2.24) is 4.90 Å². The van der Waals surface area contributed by atoms with Crippen LogP contribution in [0.5, 0.6) is 0 Å². The molecule has 0 aliphatic carbocycles. The zero-order valence-electron chi connectivity index (χ0n) is 13.5. The molecule has 0 bridgehead atoms. The van der Waals surface area contributed by atoms with Crippen molar-refractivity contribution in [1.29, 1.82) is 0 Å². The molecule has 6 heteroatoms. The van der Waals surface area contributed by atoms with Gasteiger partial charge in [-0.2, -0.15) is 0 Å². The van der Waals surface area contributed by atoms with Gasteiger partial charge in [0.05, 0.1) is 0 Å². The minimum Gasteiger partial charge on any atom is -0.338 e. The van der Waals surface area contributed by atoms with E-state index in [0.29, 0.717) is 6.54 Å². The van der Waals surface area contributed by atoms with Gasteiger partial charge in [-0.1, -0.05) is 0 Å². The van der Waals surface area contributed by atoms with Gasteiger partial charge in [-0.25, -0.2) is 0 Å². The van der Waals surface area contributed by atoms with Crippen LogP contribution in [0.4, 0.5) is 5.69 Å². The Balaban J connectivity index is 1.50. The zero-order chi connectivity index (χ0) is 17.1. The molecule has 0 fully saturated rings. The van der Waals surface area contributed by atoms with E-state index in [1.807, 2.05) is 30.0 Å². The van der Waals surface area contributed by atoms with E-state index in [9.17, 15) is 9.59 Å². The highest BCUT2D eigenvalue weighted by molar-refractivity contribution is 14.1. The smallest absolute Gasteiger partial charge is 0.224 e. The van der Waals surface area contributed by atoms with Gasteiger partial charge in [0.1, 0.15) is 0 Å². The molecule has 1 aliphatic rings. The molecule has 0 unspecified atom stereocenters. The molecule has 3 rings (SSSR count). The number of aryl methyl sites for hydroxylation is 1. The van der Waals surface area contributed by atoms with Gasteiger partial charge in [-0.05, 0) is 76.7 Å².